The normalized spacial score (nSPS) is 27.6. The number of amides is 1. The SMILES string of the molecule is CCc1cccc(NC(=O)C2CC3CCCCC3N2)c1.Cl. The van der Waals surface area contributed by atoms with Crippen molar-refractivity contribution >= 4 is 24.0 Å². The molecule has 0 radical (unpaired) electrons. The van der Waals surface area contributed by atoms with Crippen LogP contribution >= 0.6 is 12.4 Å². The van der Waals surface area contributed by atoms with Gasteiger partial charge in [0.25, 0.3) is 0 Å². The molecule has 4 heteroatoms. The Morgan fingerprint density at radius 1 is 1.33 bits per heavy atom. The van der Waals surface area contributed by atoms with Crippen LogP contribution in [0.3, 0.4) is 0 Å². The van der Waals surface area contributed by atoms with Crippen LogP contribution in [0, 0.1) is 5.92 Å². The van der Waals surface area contributed by atoms with E-state index in [1.165, 1.54) is 31.2 Å². The smallest absolute Gasteiger partial charge is 0.241 e. The lowest BCUT2D eigenvalue weighted by atomic mass is 9.85. The van der Waals surface area contributed by atoms with E-state index < -0.39 is 0 Å². The van der Waals surface area contributed by atoms with Crippen molar-refractivity contribution < 1.29 is 4.79 Å². The summed E-state index contributed by atoms with van der Waals surface area (Å²) in [6, 6.07) is 8.71. The quantitative estimate of drug-likeness (QED) is 0.897. The Labute approximate surface area is 133 Å². The molecule has 1 heterocycles. The van der Waals surface area contributed by atoms with E-state index in [0.29, 0.717) is 12.0 Å². The van der Waals surface area contributed by atoms with Crippen molar-refractivity contribution in [3.05, 3.63) is 29.8 Å². The van der Waals surface area contributed by atoms with Gasteiger partial charge >= 0.3 is 0 Å². The van der Waals surface area contributed by atoms with E-state index in [2.05, 4.69) is 29.7 Å². The lowest BCUT2D eigenvalue weighted by Crippen LogP contribution is -2.39. The summed E-state index contributed by atoms with van der Waals surface area (Å²) in [6.45, 7) is 2.13. The highest BCUT2D eigenvalue weighted by Gasteiger charge is 2.38. The first-order chi connectivity index (χ1) is 9.76. The van der Waals surface area contributed by atoms with Crippen LogP contribution in [0.25, 0.3) is 0 Å². The van der Waals surface area contributed by atoms with Crippen molar-refractivity contribution in [3.63, 3.8) is 0 Å². The molecule has 2 aliphatic rings. The van der Waals surface area contributed by atoms with E-state index >= 15 is 0 Å². The molecular formula is C17H25ClN2O. The number of halogens is 1. The standard InChI is InChI=1S/C17H24N2O.ClH/c1-2-12-6-5-8-14(10-12)18-17(20)16-11-13-7-3-4-9-15(13)19-16;/h5-6,8,10,13,15-16,19H,2-4,7,9,11H2,1H3,(H,18,20);1H. The first-order valence-electron chi connectivity index (χ1n) is 7.92. The summed E-state index contributed by atoms with van der Waals surface area (Å²) in [7, 11) is 0. The van der Waals surface area contributed by atoms with Crippen molar-refractivity contribution in [1.29, 1.82) is 0 Å². The molecule has 2 fully saturated rings. The predicted octanol–water partition coefficient (Wildman–Crippen LogP) is 3.53. The molecule has 1 aromatic rings. The molecular weight excluding hydrogens is 284 g/mol. The Kier molecular flexibility index (Phi) is 5.65. The Hall–Kier alpha value is -1.06. The summed E-state index contributed by atoms with van der Waals surface area (Å²) in [5.41, 5.74) is 2.18. The molecule has 116 valence electrons. The zero-order valence-corrected chi connectivity index (χ0v) is 13.4. The van der Waals surface area contributed by atoms with Crippen LogP contribution in [-0.2, 0) is 11.2 Å². The maximum atomic E-state index is 12.4. The molecule has 1 saturated heterocycles. The van der Waals surface area contributed by atoms with Gasteiger partial charge in [-0.1, -0.05) is 31.9 Å². The summed E-state index contributed by atoms with van der Waals surface area (Å²) in [6.07, 6.45) is 7.16. The third-order valence-electron chi connectivity index (χ3n) is 4.78. The highest BCUT2D eigenvalue weighted by atomic mass is 35.5. The Balaban J connectivity index is 0.00000161. The highest BCUT2D eigenvalue weighted by molar-refractivity contribution is 5.95. The number of rotatable bonds is 3. The summed E-state index contributed by atoms with van der Waals surface area (Å²) < 4.78 is 0. The van der Waals surface area contributed by atoms with E-state index in [-0.39, 0.29) is 24.4 Å². The fraction of sp³-hybridized carbons (Fsp3) is 0.588. The van der Waals surface area contributed by atoms with Gasteiger partial charge in [0.05, 0.1) is 6.04 Å². The number of carbonyl (C=O) groups excluding carboxylic acids is 1. The van der Waals surface area contributed by atoms with Gasteiger partial charge in [-0.2, -0.15) is 0 Å². The molecule has 1 saturated carbocycles. The van der Waals surface area contributed by atoms with Crippen LogP contribution in [-0.4, -0.2) is 18.0 Å². The molecule has 1 aromatic carbocycles. The number of nitrogens with one attached hydrogen (secondary N) is 2. The second-order valence-corrected chi connectivity index (χ2v) is 6.15. The van der Waals surface area contributed by atoms with E-state index in [9.17, 15) is 4.79 Å². The molecule has 3 atom stereocenters. The van der Waals surface area contributed by atoms with Gasteiger partial charge in [0, 0.05) is 11.7 Å². The van der Waals surface area contributed by atoms with Crippen molar-refractivity contribution in [2.75, 3.05) is 5.32 Å². The van der Waals surface area contributed by atoms with Crippen LogP contribution < -0.4 is 10.6 Å². The molecule has 0 aromatic heterocycles. The molecule has 3 unspecified atom stereocenters. The molecule has 0 spiro atoms. The maximum absolute atomic E-state index is 12.4. The average molecular weight is 309 g/mol. The van der Waals surface area contributed by atoms with Gasteiger partial charge in [0.1, 0.15) is 0 Å². The fourth-order valence-electron chi connectivity index (χ4n) is 3.62. The largest absolute Gasteiger partial charge is 0.325 e. The van der Waals surface area contributed by atoms with Crippen molar-refractivity contribution in [2.24, 2.45) is 5.92 Å². The maximum Gasteiger partial charge on any atom is 0.241 e. The number of fused-ring (bicyclic) bond motifs is 1. The van der Waals surface area contributed by atoms with E-state index in [4.69, 9.17) is 0 Å². The van der Waals surface area contributed by atoms with Gasteiger partial charge in [0.15, 0.2) is 0 Å². The summed E-state index contributed by atoms with van der Waals surface area (Å²) in [5.74, 6) is 0.842. The first kappa shape index (κ1) is 16.3. The lowest BCUT2D eigenvalue weighted by molar-refractivity contribution is -0.117. The zero-order valence-electron chi connectivity index (χ0n) is 12.6. The van der Waals surface area contributed by atoms with E-state index in [0.717, 1.165) is 18.5 Å². The average Bonchev–Trinajstić information content (AvgIpc) is 2.91. The number of carbonyl (C=O) groups is 1. The van der Waals surface area contributed by atoms with Crippen LogP contribution in [0.4, 0.5) is 5.69 Å². The molecule has 1 amide bonds. The van der Waals surface area contributed by atoms with Gasteiger partial charge in [-0.15, -0.1) is 12.4 Å². The van der Waals surface area contributed by atoms with Crippen LogP contribution in [0.5, 0.6) is 0 Å². The monoisotopic (exact) mass is 308 g/mol. The van der Waals surface area contributed by atoms with Crippen LogP contribution in [0.15, 0.2) is 24.3 Å². The fourth-order valence-corrected chi connectivity index (χ4v) is 3.62. The molecule has 0 bridgehead atoms. The second kappa shape index (κ2) is 7.28. The minimum absolute atomic E-state index is 0. The molecule has 2 N–H and O–H groups in total. The topological polar surface area (TPSA) is 41.1 Å². The number of hydrogen-bond acceptors (Lipinski definition) is 2. The molecule has 3 rings (SSSR count). The lowest BCUT2D eigenvalue weighted by Gasteiger charge is -2.24. The summed E-state index contributed by atoms with van der Waals surface area (Å²) in [4.78, 5) is 12.4. The van der Waals surface area contributed by atoms with Crippen LogP contribution in [0.1, 0.15) is 44.6 Å². The predicted molar refractivity (Wildman–Crippen MR) is 89.0 cm³/mol. The van der Waals surface area contributed by atoms with Gasteiger partial charge < -0.3 is 10.6 Å². The van der Waals surface area contributed by atoms with Crippen LogP contribution in [0.2, 0.25) is 0 Å². The Morgan fingerprint density at radius 3 is 2.90 bits per heavy atom. The number of hydrogen-bond donors (Lipinski definition) is 2. The number of benzene rings is 1. The first-order valence-corrected chi connectivity index (χ1v) is 7.92. The van der Waals surface area contributed by atoms with Gasteiger partial charge in [0.2, 0.25) is 5.91 Å². The van der Waals surface area contributed by atoms with E-state index in [1.54, 1.807) is 0 Å². The van der Waals surface area contributed by atoms with Gasteiger partial charge in [-0.3, -0.25) is 4.79 Å². The zero-order chi connectivity index (χ0) is 13.9. The second-order valence-electron chi connectivity index (χ2n) is 6.15. The Morgan fingerprint density at radius 2 is 2.14 bits per heavy atom. The van der Waals surface area contributed by atoms with Crippen molar-refractivity contribution in [3.8, 4) is 0 Å². The highest BCUT2D eigenvalue weighted by Crippen LogP contribution is 2.33. The molecule has 21 heavy (non-hydrogen) atoms. The molecule has 1 aliphatic carbocycles. The Bertz CT molecular complexity index is 477. The summed E-state index contributed by atoms with van der Waals surface area (Å²) in [5, 5.41) is 6.60. The molecule has 3 nitrogen and oxygen atoms in total. The number of anilines is 1. The minimum atomic E-state index is -0.00613. The third kappa shape index (κ3) is 3.78. The minimum Gasteiger partial charge on any atom is -0.325 e. The van der Waals surface area contributed by atoms with E-state index in [1.807, 2.05) is 12.1 Å². The van der Waals surface area contributed by atoms with Gasteiger partial charge in [-0.05, 0) is 49.3 Å². The molecule has 1 aliphatic heterocycles. The summed E-state index contributed by atoms with van der Waals surface area (Å²) >= 11 is 0. The van der Waals surface area contributed by atoms with Crippen molar-refractivity contribution in [1.82, 2.24) is 5.32 Å². The number of aryl methyl sites for hydroxylation is 1. The van der Waals surface area contributed by atoms with Gasteiger partial charge in [-0.25, -0.2) is 0 Å². The van der Waals surface area contributed by atoms with Crippen molar-refractivity contribution in [2.45, 2.75) is 57.5 Å². The third-order valence-corrected chi connectivity index (χ3v) is 4.78.